The molecule has 1 atom stereocenters. The van der Waals surface area contributed by atoms with E-state index in [0.29, 0.717) is 12.0 Å². The maximum absolute atomic E-state index is 8.61. The summed E-state index contributed by atoms with van der Waals surface area (Å²) in [5.41, 5.74) is 0.669. The average Bonchev–Trinajstić information content (AvgIpc) is 2.41. The molecule has 1 aliphatic carbocycles. The second kappa shape index (κ2) is 1.70. The van der Waals surface area contributed by atoms with Gasteiger partial charge in [0.1, 0.15) is 0 Å². The molecule has 2 N–H and O–H groups in total. The Morgan fingerprint density at radius 2 is 2.33 bits per heavy atom. The van der Waals surface area contributed by atoms with E-state index in [1.54, 1.807) is 0 Å². The van der Waals surface area contributed by atoms with Crippen LogP contribution in [-0.2, 0) is 0 Å². The summed E-state index contributed by atoms with van der Waals surface area (Å²) in [6, 6.07) is 0. The maximum Gasteiger partial charge on any atom is 0.0433 e. The molecule has 0 aromatic rings. The first-order valence-corrected chi connectivity index (χ1v) is 3.69. The Morgan fingerprint density at radius 1 is 1.56 bits per heavy atom. The molecule has 2 fully saturated rings. The minimum Gasteiger partial charge on any atom is -0.396 e. The van der Waals surface area contributed by atoms with Crippen molar-refractivity contribution in [3.63, 3.8) is 0 Å². The Balaban J connectivity index is 1.80. The van der Waals surface area contributed by atoms with Crippen molar-refractivity contribution in [3.05, 3.63) is 0 Å². The number of aliphatic hydroxyl groups excluding tert-OH is 1. The van der Waals surface area contributed by atoms with Crippen LogP contribution in [0, 0.1) is 11.3 Å². The molecule has 0 aromatic heterocycles. The lowest BCUT2D eigenvalue weighted by atomic mass is 9.96. The first-order chi connectivity index (χ1) is 4.37. The third-order valence-corrected chi connectivity index (χ3v) is 2.79. The average molecular weight is 127 g/mol. The maximum atomic E-state index is 8.61. The van der Waals surface area contributed by atoms with E-state index in [2.05, 4.69) is 5.32 Å². The summed E-state index contributed by atoms with van der Waals surface area (Å²) in [5, 5.41) is 11.9. The number of hydrogen-bond acceptors (Lipinski definition) is 2. The van der Waals surface area contributed by atoms with Gasteiger partial charge >= 0.3 is 0 Å². The standard InChI is InChI=1S/C7H13NO/c9-2-1-6-3-7(6)4-8-5-7/h6,8-9H,1-5H2. The minimum absolute atomic E-state index is 0.381. The zero-order chi connectivity index (χ0) is 6.32. The highest BCUT2D eigenvalue weighted by molar-refractivity contribution is 5.10. The monoisotopic (exact) mass is 127 g/mol. The summed E-state index contributed by atoms with van der Waals surface area (Å²) in [4.78, 5) is 0. The van der Waals surface area contributed by atoms with Crippen molar-refractivity contribution >= 4 is 0 Å². The Hall–Kier alpha value is -0.0800. The molecule has 1 saturated heterocycles. The zero-order valence-electron chi connectivity index (χ0n) is 5.56. The van der Waals surface area contributed by atoms with Crippen LogP contribution in [0.4, 0.5) is 0 Å². The second-order valence-electron chi connectivity index (χ2n) is 3.38. The number of aliphatic hydroxyl groups is 1. The van der Waals surface area contributed by atoms with Gasteiger partial charge in [-0.2, -0.15) is 0 Å². The van der Waals surface area contributed by atoms with Crippen LogP contribution < -0.4 is 5.32 Å². The topological polar surface area (TPSA) is 32.3 Å². The predicted octanol–water partition coefficient (Wildman–Crippen LogP) is -0.0217. The van der Waals surface area contributed by atoms with Gasteiger partial charge in [0.25, 0.3) is 0 Å². The van der Waals surface area contributed by atoms with Crippen LogP contribution in [0.25, 0.3) is 0 Å². The van der Waals surface area contributed by atoms with Gasteiger partial charge in [0.2, 0.25) is 0 Å². The van der Waals surface area contributed by atoms with E-state index in [9.17, 15) is 0 Å². The Labute approximate surface area is 55.3 Å². The predicted molar refractivity (Wildman–Crippen MR) is 35.1 cm³/mol. The number of hydrogen-bond donors (Lipinski definition) is 2. The van der Waals surface area contributed by atoms with Crippen LogP contribution in [0.2, 0.25) is 0 Å². The SMILES string of the molecule is OCCC1CC12CNC2. The van der Waals surface area contributed by atoms with Gasteiger partial charge in [0, 0.05) is 19.7 Å². The van der Waals surface area contributed by atoms with Gasteiger partial charge in [-0.05, 0) is 24.2 Å². The lowest BCUT2D eigenvalue weighted by molar-refractivity contribution is 0.239. The van der Waals surface area contributed by atoms with Gasteiger partial charge in [-0.25, -0.2) is 0 Å². The van der Waals surface area contributed by atoms with E-state index in [-0.39, 0.29) is 0 Å². The summed E-state index contributed by atoms with van der Waals surface area (Å²) >= 11 is 0. The van der Waals surface area contributed by atoms with E-state index >= 15 is 0 Å². The van der Waals surface area contributed by atoms with Gasteiger partial charge in [-0.1, -0.05) is 0 Å². The first-order valence-electron chi connectivity index (χ1n) is 3.69. The van der Waals surface area contributed by atoms with Crippen molar-refractivity contribution in [3.8, 4) is 0 Å². The molecule has 1 saturated carbocycles. The molecular formula is C7H13NO. The molecule has 2 heteroatoms. The molecule has 0 radical (unpaired) electrons. The number of nitrogens with one attached hydrogen (secondary N) is 1. The lowest BCUT2D eigenvalue weighted by Crippen LogP contribution is -2.45. The van der Waals surface area contributed by atoms with Gasteiger partial charge < -0.3 is 10.4 Å². The Morgan fingerprint density at radius 3 is 2.67 bits per heavy atom. The first kappa shape index (κ1) is 5.69. The Bertz CT molecular complexity index is 118. The van der Waals surface area contributed by atoms with Crippen molar-refractivity contribution in [1.82, 2.24) is 5.32 Å². The molecule has 9 heavy (non-hydrogen) atoms. The van der Waals surface area contributed by atoms with Crippen molar-refractivity contribution in [2.45, 2.75) is 12.8 Å². The summed E-state index contributed by atoms with van der Waals surface area (Å²) < 4.78 is 0. The molecule has 1 unspecified atom stereocenters. The van der Waals surface area contributed by atoms with Crippen LogP contribution in [0.15, 0.2) is 0 Å². The van der Waals surface area contributed by atoms with E-state index in [1.165, 1.54) is 19.5 Å². The summed E-state index contributed by atoms with van der Waals surface area (Å²) in [5.74, 6) is 0.851. The second-order valence-corrected chi connectivity index (χ2v) is 3.38. The molecule has 2 nitrogen and oxygen atoms in total. The molecule has 1 aliphatic heterocycles. The summed E-state index contributed by atoms with van der Waals surface area (Å²) in [6.45, 7) is 2.79. The molecule has 0 bridgehead atoms. The largest absolute Gasteiger partial charge is 0.396 e. The van der Waals surface area contributed by atoms with Gasteiger partial charge in [-0.15, -0.1) is 0 Å². The van der Waals surface area contributed by atoms with Crippen LogP contribution in [-0.4, -0.2) is 24.8 Å². The van der Waals surface area contributed by atoms with Gasteiger partial charge in [0.05, 0.1) is 0 Å². The molecule has 0 aromatic carbocycles. The minimum atomic E-state index is 0.381. The molecule has 0 amide bonds. The fourth-order valence-corrected chi connectivity index (χ4v) is 1.88. The van der Waals surface area contributed by atoms with Crippen molar-refractivity contribution in [2.75, 3.05) is 19.7 Å². The fraction of sp³-hybridized carbons (Fsp3) is 1.00. The van der Waals surface area contributed by atoms with E-state index in [4.69, 9.17) is 5.11 Å². The lowest BCUT2D eigenvalue weighted by Gasteiger charge is -2.28. The third kappa shape index (κ3) is 0.700. The highest BCUT2D eigenvalue weighted by atomic mass is 16.3. The fourth-order valence-electron chi connectivity index (χ4n) is 1.88. The quantitative estimate of drug-likeness (QED) is 0.546. The summed E-state index contributed by atoms with van der Waals surface area (Å²) in [6.07, 6.45) is 2.39. The van der Waals surface area contributed by atoms with Gasteiger partial charge in [0.15, 0.2) is 0 Å². The zero-order valence-corrected chi connectivity index (χ0v) is 5.56. The van der Waals surface area contributed by atoms with Crippen LogP contribution in [0.1, 0.15) is 12.8 Å². The molecule has 2 rings (SSSR count). The number of rotatable bonds is 2. The highest BCUT2D eigenvalue weighted by Crippen LogP contribution is 2.56. The van der Waals surface area contributed by atoms with E-state index in [1.807, 2.05) is 0 Å². The van der Waals surface area contributed by atoms with E-state index in [0.717, 1.165) is 12.3 Å². The van der Waals surface area contributed by atoms with Crippen LogP contribution >= 0.6 is 0 Å². The molecule has 1 spiro atoms. The normalized spacial score (nSPS) is 36.3. The smallest absolute Gasteiger partial charge is 0.0433 e. The van der Waals surface area contributed by atoms with E-state index < -0.39 is 0 Å². The molecule has 1 heterocycles. The van der Waals surface area contributed by atoms with Crippen LogP contribution in [0.3, 0.4) is 0 Å². The van der Waals surface area contributed by atoms with Crippen molar-refractivity contribution in [1.29, 1.82) is 0 Å². The van der Waals surface area contributed by atoms with Gasteiger partial charge in [-0.3, -0.25) is 0 Å². The summed E-state index contributed by atoms with van der Waals surface area (Å²) in [7, 11) is 0. The van der Waals surface area contributed by atoms with Crippen LogP contribution in [0.5, 0.6) is 0 Å². The molecule has 52 valence electrons. The Kier molecular flexibility index (Phi) is 1.08. The van der Waals surface area contributed by atoms with Crippen molar-refractivity contribution < 1.29 is 5.11 Å². The molecule has 2 aliphatic rings. The molecular weight excluding hydrogens is 114 g/mol. The third-order valence-electron chi connectivity index (χ3n) is 2.79. The van der Waals surface area contributed by atoms with Crippen molar-refractivity contribution in [2.24, 2.45) is 11.3 Å². The highest BCUT2D eigenvalue weighted by Gasteiger charge is 2.56.